The van der Waals surface area contributed by atoms with E-state index in [9.17, 15) is 14.4 Å². The summed E-state index contributed by atoms with van der Waals surface area (Å²) in [6.07, 6.45) is 0. The van der Waals surface area contributed by atoms with Crippen LogP contribution < -0.4 is 16.2 Å². The molecule has 0 bridgehead atoms. The first-order valence-corrected chi connectivity index (χ1v) is 11.2. The Morgan fingerprint density at radius 1 is 1.16 bits per heavy atom. The molecule has 9 nitrogen and oxygen atoms in total. The number of benzene rings is 1. The van der Waals surface area contributed by atoms with Crippen molar-refractivity contribution in [2.24, 2.45) is 0 Å². The number of aryl methyl sites for hydroxylation is 2. The summed E-state index contributed by atoms with van der Waals surface area (Å²) in [5.41, 5.74) is 6.26. The molecule has 3 rings (SSSR count). The van der Waals surface area contributed by atoms with Gasteiger partial charge in [0.15, 0.2) is 5.82 Å². The fourth-order valence-corrected chi connectivity index (χ4v) is 4.11. The Kier molecular flexibility index (Phi) is 7.42. The largest absolute Gasteiger partial charge is 0.360 e. The Balaban J connectivity index is 1.45. The molecule has 0 radical (unpaired) electrons. The minimum atomic E-state index is -0.504. The number of nitrogens with one attached hydrogen (secondary N) is 3. The minimum Gasteiger partial charge on any atom is -0.360 e. The third-order valence-corrected chi connectivity index (χ3v) is 6.40. The average molecular weight is 460 g/mol. The summed E-state index contributed by atoms with van der Waals surface area (Å²) < 4.78 is 4.89. The maximum atomic E-state index is 12.4. The number of hydrazine groups is 1. The van der Waals surface area contributed by atoms with E-state index in [1.807, 2.05) is 30.3 Å². The fraction of sp³-hybridized carbons (Fsp3) is 0.250. The summed E-state index contributed by atoms with van der Waals surface area (Å²) in [5.74, 6) is -0.282. The first-order valence-electron chi connectivity index (χ1n) is 9.31. The number of hydrogen-bond donors (Lipinski definition) is 3. The molecule has 0 spiro atoms. The van der Waals surface area contributed by atoms with Crippen molar-refractivity contribution in [2.45, 2.75) is 26.0 Å². The van der Waals surface area contributed by atoms with Gasteiger partial charge in [0.25, 0.3) is 5.91 Å². The molecule has 1 aromatic carbocycles. The van der Waals surface area contributed by atoms with Gasteiger partial charge in [-0.05, 0) is 20.8 Å². The van der Waals surface area contributed by atoms with Crippen LogP contribution in [0.3, 0.4) is 0 Å². The topological polar surface area (TPSA) is 126 Å². The summed E-state index contributed by atoms with van der Waals surface area (Å²) in [4.78, 5) is 41.5. The van der Waals surface area contributed by atoms with E-state index in [0.717, 1.165) is 22.3 Å². The molecule has 3 N–H and O–H groups in total. The van der Waals surface area contributed by atoms with E-state index < -0.39 is 17.1 Å². The maximum Gasteiger partial charge on any atom is 0.281 e. The number of aromatic nitrogens is 2. The minimum absolute atomic E-state index is 0.0103. The molecule has 11 heteroatoms. The second kappa shape index (κ2) is 10.2. The lowest BCUT2D eigenvalue weighted by molar-refractivity contribution is -0.119. The van der Waals surface area contributed by atoms with Gasteiger partial charge in [0.1, 0.15) is 15.6 Å². The smallest absolute Gasteiger partial charge is 0.281 e. The fourth-order valence-electron chi connectivity index (χ4n) is 2.46. The second-order valence-electron chi connectivity index (χ2n) is 6.57. The highest BCUT2D eigenvalue weighted by Gasteiger charge is 2.19. The highest BCUT2D eigenvalue weighted by molar-refractivity contribution is 8.01. The van der Waals surface area contributed by atoms with Gasteiger partial charge < -0.3 is 9.84 Å². The lowest BCUT2D eigenvalue weighted by Crippen LogP contribution is -2.42. The molecule has 162 valence electrons. The molecule has 2 heterocycles. The zero-order chi connectivity index (χ0) is 22.4. The van der Waals surface area contributed by atoms with Gasteiger partial charge in [-0.15, -0.1) is 23.1 Å². The van der Waals surface area contributed by atoms with Gasteiger partial charge in [-0.3, -0.25) is 25.2 Å². The molecule has 31 heavy (non-hydrogen) atoms. The molecular weight excluding hydrogens is 438 g/mol. The SMILES string of the molecule is Cc1cc(NC(=O)C(C)SCC(=O)NNC(=O)c2sc(-c3ccccc3)nc2C)no1. The Morgan fingerprint density at radius 3 is 2.58 bits per heavy atom. The van der Waals surface area contributed by atoms with E-state index in [4.69, 9.17) is 4.52 Å². The van der Waals surface area contributed by atoms with Crippen molar-refractivity contribution in [3.05, 3.63) is 52.7 Å². The lowest BCUT2D eigenvalue weighted by Gasteiger charge is -2.11. The van der Waals surface area contributed by atoms with Crippen molar-refractivity contribution in [1.82, 2.24) is 21.0 Å². The monoisotopic (exact) mass is 459 g/mol. The third kappa shape index (κ3) is 6.15. The maximum absolute atomic E-state index is 12.4. The van der Waals surface area contributed by atoms with Crippen molar-refractivity contribution in [1.29, 1.82) is 0 Å². The van der Waals surface area contributed by atoms with Crippen LogP contribution in [0.4, 0.5) is 5.82 Å². The zero-order valence-corrected chi connectivity index (χ0v) is 18.7. The zero-order valence-electron chi connectivity index (χ0n) is 17.1. The predicted octanol–water partition coefficient (Wildman–Crippen LogP) is 2.94. The molecule has 3 amide bonds. The van der Waals surface area contributed by atoms with Gasteiger partial charge in [0, 0.05) is 11.6 Å². The van der Waals surface area contributed by atoms with E-state index >= 15 is 0 Å². The average Bonchev–Trinajstić information content (AvgIpc) is 3.35. The number of nitrogens with zero attached hydrogens (tertiary/aromatic N) is 2. The Morgan fingerprint density at radius 2 is 1.90 bits per heavy atom. The molecule has 0 fully saturated rings. The summed E-state index contributed by atoms with van der Waals surface area (Å²) in [7, 11) is 0. The van der Waals surface area contributed by atoms with Gasteiger partial charge >= 0.3 is 0 Å². The van der Waals surface area contributed by atoms with Gasteiger partial charge in [0.2, 0.25) is 11.8 Å². The van der Waals surface area contributed by atoms with Gasteiger partial charge in [-0.2, -0.15) is 0 Å². The number of anilines is 1. The van der Waals surface area contributed by atoms with Crippen LogP contribution in [-0.2, 0) is 9.59 Å². The van der Waals surface area contributed by atoms with E-state index in [1.165, 1.54) is 11.3 Å². The van der Waals surface area contributed by atoms with Crippen LogP contribution in [-0.4, -0.2) is 38.9 Å². The Bertz CT molecular complexity index is 1080. The summed E-state index contributed by atoms with van der Waals surface area (Å²) in [6.45, 7) is 5.13. The van der Waals surface area contributed by atoms with Crippen LogP contribution in [0, 0.1) is 13.8 Å². The predicted molar refractivity (Wildman–Crippen MR) is 120 cm³/mol. The number of carbonyl (C=O) groups excluding carboxylic acids is 3. The first kappa shape index (κ1) is 22.5. The van der Waals surface area contributed by atoms with Crippen molar-refractivity contribution >= 4 is 46.6 Å². The number of rotatable bonds is 7. The van der Waals surface area contributed by atoms with Crippen molar-refractivity contribution in [2.75, 3.05) is 11.1 Å². The number of amides is 3. The number of thiazole rings is 1. The molecule has 1 unspecified atom stereocenters. The van der Waals surface area contributed by atoms with E-state index in [1.54, 1.807) is 26.8 Å². The molecular formula is C20H21N5O4S2. The quantitative estimate of drug-likeness (QED) is 0.464. The molecule has 0 aliphatic heterocycles. The highest BCUT2D eigenvalue weighted by Crippen LogP contribution is 2.27. The van der Waals surface area contributed by atoms with Gasteiger partial charge in [0.05, 0.1) is 16.7 Å². The molecule has 3 aromatic rings. The van der Waals surface area contributed by atoms with Gasteiger partial charge in [-0.25, -0.2) is 4.98 Å². The number of thioether (sulfide) groups is 1. The van der Waals surface area contributed by atoms with E-state index in [0.29, 0.717) is 22.1 Å². The normalized spacial score (nSPS) is 11.6. The molecule has 2 aromatic heterocycles. The lowest BCUT2D eigenvalue weighted by atomic mass is 10.2. The molecule has 0 saturated carbocycles. The molecule has 1 atom stereocenters. The summed E-state index contributed by atoms with van der Waals surface area (Å²) >= 11 is 2.38. The van der Waals surface area contributed by atoms with Crippen LogP contribution in [0.1, 0.15) is 28.0 Å². The standard InChI is InChI=1S/C20H21N5O4S2/c1-11-9-15(25-29-11)22-18(27)13(3)30-10-16(26)23-24-19(28)17-12(2)21-20(31-17)14-7-5-4-6-8-14/h4-9,13H,10H2,1-3H3,(H,23,26)(H,24,28)(H,22,25,27). The number of carbonyl (C=O) groups is 3. The van der Waals surface area contributed by atoms with E-state index in [-0.39, 0.29) is 11.7 Å². The molecule has 0 aliphatic rings. The highest BCUT2D eigenvalue weighted by atomic mass is 32.2. The third-order valence-electron chi connectivity index (χ3n) is 4.05. The Labute approximate surface area is 187 Å². The summed E-state index contributed by atoms with van der Waals surface area (Å²) in [6, 6.07) is 11.1. The van der Waals surface area contributed by atoms with E-state index in [2.05, 4.69) is 26.3 Å². The van der Waals surface area contributed by atoms with Crippen molar-refractivity contribution in [3.63, 3.8) is 0 Å². The van der Waals surface area contributed by atoms with Crippen molar-refractivity contribution < 1.29 is 18.9 Å². The molecule has 0 aliphatic carbocycles. The Hall–Kier alpha value is -3.18. The molecule has 0 saturated heterocycles. The van der Waals surface area contributed by atoms with Crippen LogP contribution in [0.25, 0.3) is 10.6 Å². The van der Waals surface area contributed by atoms with Crippen LogP contribution in [0.2, 0.25) is 0 Å². The van der Waals surface area contributed by atoms with Crippen LogP contribution >= 0.6 is 23.1 Å². The van der Waals surface area contributed by atoms with Crippen molar-refractivity contribution in [3.8, 4) is 10.6 Å². The summed E-state index contributed by atoms with van der Waals surface area (Å²) in [5, 5.41) is 6.53. The van der Waals surface area contributed by atoms with Crippen LogP contribution in [0.15, 0.2) is 40.9 Å². The number of hydrogen-bond acceptors (Lipinski definition) is 8. The first-order chi connectivity index (χ1) is 14.8. The van der Waals surface area contributed by atoms with Crippen LogP contribution in [0.5, 0.6) is 0 Å². The van der Waals surface area contributed by atoms with Gasteiger partial charge in [-0.1, -0.05) is 35.5 Å². The second-order valence-corrected chi connectivity index (χ2v) is 8.90.